The zero-order valence-corrected chi connectivity index (χ0v) is 21.7. The van der Waals surface area contributed by atoms with Crippen molar-refractivity contribution in [2.24, 2.45) is 12.5 Å². The van der Waals surface area contributed by atoms with Crippen LogP contribution in [-0.2, 0) is 19.0 Å². The molecule has 0 aliphatic carbocycles. The zero-order valence-electron chi connectivity index (χ0n) is 21.7. The van der Waals surface area contributed by atoms with Crippen molar-refractivity contribution >= 4 is 49.0 Å². The van der Waals surface area contributed by atoms with E-state index in [1.165, 1.54) is 60.1 Å². The van der Waals surface area contributed by atoms with E-state index in [0.717, 1.165) is 12.0 Å². The van der Waals surface area contributed by atoms with Crippen molar-refractivity contribution in [1.82, 2.24) is 4.40 Å². The van der Waals surface area contributed by atoms with Gasteiger partial charge in [-0.05, 0) is 53.5 Å². The number of nitrogens with zero attached hydrogens (tertiary/aromatic N) is 3. The second-order valence-corrected chi connectivity index (χ2v) is 12.0. The number of benzene rings is 3. The Bertz CT molecular complexity index is 1850. The van der Waals surface area contributed by atoms with Crippen LogP contribution >= 0.6 is 0 Å². The van der Waals surface area contributed by atoms with Crippen LogP contribution in [0.25, 0.3) is 53.8 Å². The van der Waals surface area contributed by atoms with Gasteiger partial charge in [0, 0.05) is 36.2 Å². The molecule has 0 atom stereocenters. The van der Waals surface area contributed by atoms with E-state index in [-0.39, 0.29) is 5.41 Å². The molecule has 0 N–H and O–H groups in total. The van der Waals surface area contributed by atoms with Gasteiger partial charge in [-0.25, -0.2) is 11.1 Å². The van der Waals surface area contributed by atoms with E-state index in [4.69, 9.17) is 6.57 Å². The Hall–Kier alpha value is -3.64. The van der Waals surface area contributed by atoms with Crippen LogP contribution < -0.4 is 4.57 Å². The summed E-state index contributed by atoms with van der Waals surface area (Å²) in [5.41, 5.74) is 8.32. The first-order valence-electron chi connectivity index (χ1n) is 12.4. The van der Waals surface area contributed by atoms with Crippen LogP contribution in [-0.4, -0.2) is 4.40 Å². The Morgan fingerprint density at radius 2 is 1.63 bits per heavy atom. The fourth-order valence-electron chi connectivity index (χ4n) is 5.90. The smallest absolute Gasteiger partial charge is 0.252 e. The summed E-state index contributed by atoms with van der Waals surface area (Å²) in [5, 5.41) is 6.35. The third-order valence-corrected chi connectivity index (χ3v) is 7.62. The number of aromatic nitrogens is 2. The molecule has 0 amide bonds. The number of hydrogen-bond acceptors (Lipinski definition) is 0. The van der Waals surface area contributed by atoms with Crippen LogP contribution in [0.2, 0.25) is 0 Å². The van der Waals surface area contributed by atoms with Gasteiger partial charge in [-0.15, -0.1) is 0 Å². The molecule has 0 unspecified atom stereocenters. The molecule has 0 radical (unpaired) electrons. The molecule has 0 aliphatic heterocycles. The van der Waals surface area contributed by atoms with Crippen LogP contribution in [0.5, 0.6) is 0 Å². The van der Waals surface area contributed by atoms with E-state index in [9.17, 15) is 0 Å². The summed E-state index contributed by atoms with van der Waals surface area (Å²) in [4.78, 5) is 3.98. The third kappa shape index (κ3) is 3.06. The molecule has 3 heteroatoms. The molecule has 0 bridgehead atoms. The molecule has 3 aromatic heterocycles. The number of rotatable bonds is 2. The fraction of sp³-hybridized carbons (Fsp3) is 0.312. The maximum atomic E-state index is 7.86. The fourth-order valence-corrected chi connectivity index (χ4v) is 5.90. The van der Waals surface area contributed by atoms with Gasteiger partial charge in [0.2, 0.25) is 5.52 Å². The molecule has 0 saturated carbocycles. The highest BCUT2D eigenvalue weighted by molar-refractivity contribution is 6.25. The zero-order chi connectivity index (χ0) is 24.9. The van der Waals surface area contributed by atoms with Crippen LogP contribution in [0, 0.1) is 18.9 Å². The number of hydrogen-bond donors (Lipinski definition) is 0. The molecule has 3 heterocycles. The highest BCUT2D eigenvalue weighted by Crippen LogP contribution is 2.42. The first kappa shape index (κ1) is 21.9. The number of aryl methyl sites for hydroxylation is 2. The van der Waals surface area contributed by atoms with Crippen molar-refractivity contribution in [1.29, 1.82) is 0 Å². The molecule has 6 rings (SSSR count). The Labute approximate surface area is 206 Å². The molecule has 3 nitrogen and oxygen atoms in total. The standard InChI is InChI=1S/C32H32N3/c1-19-9-11-24-23-12-10-20(18-31(2,3)4)15-25(23)35-26-17-22(32(5,6)33-7)16-21-13-14-34(8)30(28(21)26)27(19)29(24)35/h9-17H,18H2,1-6,8H3/q+1. The van der Waals surface area contributed by atoms with Crippen LogP contribution in [0.3, 0.4) is 0 Å². The predicted octanol–water partition coefficient (Wildman–Crippen LogP) is 7.87. The van der Waals surface area contributed by atoms with E-state index in [1.807, 2.05) is 13.8 Å². The van der Waals surface area contributed by atoms with Crippen molar-refractivity contribution in [3.05, 3.63) is 82.8 Å². The SMILES string of the molecule is [C-]#[N+]C(C)(C)c1cc2cc[n+](C)c3c4c(C)ccc5c6ccc(CC(C)(C)C)cc6n(c(c1)c23)c54. The largest absolute Gasteiger partial charge is 0.307 e. The van der Waals surface area contributed by atoms with Crippen molar-refractivity contribution < 1.29 is 4.57 Å². The third-order valence-electron chi connectivity index (χ3n) is 7.62. The molecule has 174 valence electrons. The second kappa shape index (κ2) is 6.95. The van der Waals surface area contributed by atoms with E-state index < -0.39 is 5.54 Å². The Morgan fingerprint density at radius 3 is 2.34 bits per heavy atom. The summed E-state index contributed by atoms with van der Waals surface area (Å²) >= 11 is 0. The van der Waals surface area contributed by atoms with Crippen LogP contribution in [0.4, 0.5) is 0 Å². The maximum absolute atomic E-state index is 7.86. The minimum absolute atomic E-state index is 0.219. The average molecular weight is 459 g/mol. The van der Waals surface area contributed by atoms with E-state index in [0.29, 0.717) is 0 Å². The van der Waals surface area contributed by atoms with Gasteiger partial charge in [0.25, 0.3) is 5.54 Å². The van der Waals surface area contributed by atoms with Crippen molar-refractivity contribution in [2.75, 3.05) is 0 Å². The lowest BCUT2D eigenvalue weighted by Crippen LogP contribution is -2.29. The Kier molecular flexibility index (Phi) is 4.34. The van der Waals surface area contributed by atoms with Gasteiger partial charge in [-0.2, -0.15) is 0 Å². The highest BCUT2D eigenvalue weighted by Gasteiger charge is 2.30. The van der Waals surface area contributed by atoms with Crippen LogP contribution in [0.1, 0.15) is 51.3 Å². The molecule has 0 spiro atoms. The second-order valence-electron chi connectivity index (χ2n) is 12.0. The van der Waals surface area contributed by atoms with Crippen molar-refractivity contribution in [3.63, 3.8) is 0 Å². The predicted molar refractivity (Wildman–Crippen MR) is 147 cm³/mol. The highest BCUT2D eigenvalue weighted by atomic mass is 15.0. The monoisotopic (exact) mass is 458 g/mol. The maximum Gasteiger partial charge on any atom is 0.252 e. The molecule has 6 aromatic rings. The number of pyridine rings is 2. The lowest BCUT2D eigenvalue weighted by atomic mass is 9.88. The van der Waals surface area contributed by atoms with Gasteiger partial charge in [-0.1, -0.05) is 45.0 Å². The Balaban J connectivity index is 1.93. The van der Waals surface area contributed by atoms with Gasteiger partial charge in [-0.3, -0.25) is 0 Å². The molecule has 0 fully saturated rings. The van der Waals surface area contributed by atoms with E-state index >= 15 is 0 Å². The summed E-state index contributed by atoms with van der Waals surface area (Å²) in [7, 11) is 2.15. The van der Waals surface area contributed by atoms with Gasteiger partial charge in [0.1, 0.15) is 7.05 Å². The molecule has 35 heavy (non-hydrogen) atoms. The lowest BCUT2D eigenvalue weighted by Gasteiger charge is -2.18. The van der Waals surface area contributed by atoms with Crippen molar-refractivity contribution in [2.45, 2.75) is 53.5 Å². The first-order chi connectivity index (χ1) is 16.5. The summed E-state index contributed by atoms with van der Waals surface area (Å²) < 4.78 is 4.75. The normalized spacial score (nSPS) is 13.1. The molecule has 0 aliphatic rings. The summed E-state index contributed by atoms with van der Waals surface area (Å²) in [5.74, 6) is 0. The molecular formula is C32H32N3+. The molecular weight excluding hydrogens is 426 g/mol. The first-order valence-corrected chi connectivity index (χ1v) is 12.4. The summed E-state index contributed by atoms with van der Waals surface area (Å²) in [6.45, 7) is 21.0. The van der Waals surface area contributed by atoms with Crippen LogP contribution in [0.15, 0.2) is 54.7 Å². The quantitative estimate of drug-likeness (QED) is 0.108. The lowest BCUT2D eigenvalue weighted by molar-refractivity contribution is -0.643. The van der Waals surface area contributed by atoms with E-state index in [1.54, 1.807) is 0 Å². The molecule has 3 aromatic carbocycles. The summed E-state index contributed by atoms with van der Waals surface area (Å²) in [6.07, 6.45) is 3.19. The van der Waals surface area contributed by atoms with Crippen molar-refractivity contribution in [3.8, 4) is 0 Å². The minimum atomic E-state index is -0.588. The Morgan fingerprint density at radius 1 is 0.886 bits per heavy atom. The van der Waals surface area contributed by atoms with E-state index in [2.05, 4.69) is 103 Å². The average Bonchev–Trinajstić information content (AvgIpc) is 3.12. The topological polar surface area (TPSA) is 12.7 Å². The van der Waals surface area contributed by atoms with Gasteiger partial charge in [0.05, 0.1) is 27.3 Å². The number of fused-ring (bicyclic) bond motifs is 5. The van der Waals surface area contributed by atoms with Gasteiger partial charge < -0.3 is 9.25 Å². The molecule has 0 saturated heterocycles. The van der Waals surface area contributed by atoms with Gasteiger partial charge >= 0.3 is 0 Å². The summed E-state index contributed by atoms with van der Waals surface area (Å²) in [6, 6.07) is 18.3. The van der Waals surface area contributed by atoms with Gasteiger partial charge in [0.15, 0.2) is 6.20 Å². The minimum Gasteiger partial charge on any atom is -0.307 e.